The fourth-order valence-electron chi connectivity index (χ4n) is 6.02. The summed E-state index contributed by atoms with van der Waals surface area (Å²) in [4.78, 5) is 0. The van der Waals surface area contributed by atoms with Crippen LogP contribution in [0.4, 0.5) is 0 Å². The van der Waals surface area contributed by atoms with E-state index in [2.05, 4.69) is 26.1 Å². The Hall–Kier alpha value is -0.0400. The molecule has 4 aliphatic carbocycles. The Balaban J connectivity index is 1.94. The molecule has 0 amide bonds. The van der Waals surface area contributed by atoms with Crippen LogP contribution >= 0.6 is 0 Å². The van der Waals surface area contributed by atoms with Crippen molar-refractivity contribution >= 4 is 0 Å². The van der Waals surface area contributed by atoms with Gasteiger partial charge >= 0.3 is 0 Å². The molecule has 1 N–H and O–H groups in total. The summed E-state index contributed by atoms with van der Waals surface area (Å²) >= 11 is 0. The zero-order valence-corrected chi connectivity index (χ0v) is 10.5. The summed E-state index contributed by atoms with van der Waals surface area (Å²) in [5.41, 5.74) is 1.85. The molecule has 4 fully saturated rings. The van der Waals surface area contributed by atoms with E-state index in [0.29, 0.717) is 16.4 Å². The first-order valence-electron chi connectivity index (χ1n) is 6.72. The standard InChI is InChI=1S/C14H25N/c1-4-15-14-7-11-5-12(2,9-14)8-13(3,6-11)10-14/h11,15H,4-10H2,1-3H3/t11?,12-,13+,14?. The van der Waals surface area contributed by atoms with Crippen LogP contribution in [0.5, 0.6) is 0 Å². The Labute approximate surface area is 94.0 Å². The average Bonchev–Trinajstić information content (AvgIpc) is 1.94. The molecule has 2 unspecified atom stereocenters. The molecular formula is C14H25N. The predicted octanol–water partition coefficient (Wildman–Crippen LogP) is 3.34. The monoisotopic (exact) mass is 207 g/mol. The van der Waals surface area contributed by atoms with E-state index in [-0.39, 0.29) is 0 Å². The van der Waals surface area contributed by atoms with Crippen molar-refractivity contribution in [3.05, 3.63) is 0 Å². The smallest absolute Gasteiger partial charge is 0.0194 e. The van der Waals surface area contributed by atoms with Crippen molar-refractivity contribution in [1.29, 1.82) is 0 Å². The van der Waals surface area contributed by atoms with Gasteiger partial charge in [-0.3, -0.25) is 0 Å². The Morgan fingerprint density at radius 3 is 2.07 bits per heavy atom. The lowest BCUT2D eigenvalue weighted by Gasteiger charge is -2.65. The van der Waals surface area contributed by atoms with Crippen molar-refractivity contribution in [1.82, 2.24) is 5.32 Å². The third-order valence-corrected chi connectivity index (χ3v) is 5.18. The van der Waals surface area contributed by atoms with E-state index in [1.807, 2.05) is 0 Å². The molecule has 0 aliphatic heterocycles. The minimum atomic E-state index is 0.525. The summed E-state index contributed by atoms with van der Waals surface area (Å²) in [7, 11) is 0. The average molecular weight is 207 g/mol. The summed E-state index contributed by atoms with van der Waals surface area (Å²) in [5, 5.41) is 3.84. The van der Waals surface area contributed by atoms with Crippen LogP contribution < -0.4 is 5.32 Å². The molecule has 0 aromatic rings. The molecule has 4 rings (SSSR count). The lowest BCUT2D eigenvalue weighted by atomic mass is 9.43. The third-order valence-electron chi connectivity index (χ3n) is 5.18. The van der Waals surface area contributed by atoms with Gasteiger partial charge in [0.15, 0.2) is 0 Å². The van der Waals surface area contributed by atoms with Gasteiger partial charge in [0.25, 0.3) is 0 Å². The van der Waals surface area contributed by atoms with Gasteiger partial charge in [-0.05, 0) is 61.8 Å². The van der Waals surface area contributed by atoms with Crippen molar-refractivity contribution in [2.45, 2.75) is 64.8 Å². The van der Waals surface area contributed by atoms with Gasteiger partial charge < -0.3 is 5.32 Å². The highest BCUT2D eigenvalue weighted by Gasteiger charge is 2.59. The molecule has 0 radical (unpaired) electrons. The maximum Gasteiger partial charge on any atom is 0.0194 e. The fraction of sp³-hybridized carbons (Fsp3) is 1.00. The van der Waals surface area contributed by atoms with Crippen LogP contribution in [-0.2, 0) is 0 Å². The molecule has 4 saturated carbocycles. The van der Waals surface area contributed by atoms with E-state index < -0.39 is 0 Å². The van der Waals surface area contributed by atoms with E-state index in [0.717, 1.165) is 12.5 Å². The van der Waals surface area contributed by atoms with Crippen molar-refractivity contribution in [2.24, 2.45) is 16.7 Å². The van der Waals surface area contributed by atoms with Crippen LogP contribution in [0.2, 0.25) is 0 Å². The second-order valence-electron chi connectivity index (χ2n) is 7.44. The van der Waals surface area contributed by atoms with Crippen LogP contribution in [0, 0.1) is 16.7 Å². The molecule has 0 heterocycles. The summed E-state index contributed by atoms with van der Waals surface area (Å²) < 4.78 is 0. The SMILES string of the molecule is CCNC12CC3C[C@@](C)(C1)C[C@](C)(C3)C2. The van der Waals surface area contributed by atoms with Gasteiger partial charge in [-0.1, -0.05) is 20.8 Å². The maximum atomic E-state index is 3.84. The first-order valence-corrected chi connectivity index (χ1v) is 6.72. The van der Waals surface area contributed by atoms with Gasteiger partial charge in [-0.25, -0.2) is 0 Å². The molecule has 0 saturated heterocycles. The van der Waals surface area contributed by atoms with Crippen molar-refractivity contribution in [3.63, 3.8) is 0 Å². The van der Waals surface area contributed by atoms with Gasteiger partial charge in [-0.15, -0.1) is 0 Å². The third kappa shape index (κ3) is 1.46. The van der Waals surface area contributed by atoms with E-state index in [4.69, 9.17) is 0 Å². The van der Waals surface area contributed by atoms with Gasteiger partial charge in [0, 0.05) is 5.54 Å². The number of nitrogens with one attached hydrogen (secondary N) is 1. The molecule has 86 valence electrons. The molecule has 15 heavy (non-hydrogen) atoms. The maximum absolute atomic E-state index is 3.84. The molecule has 4 aliphatic rings. The van der Waals surface area contributed by atoms with Crippen LogP contribution in [0.25, 0.3) is 0 Å². The van der Waals surface area contributed by atoms with E-state index in [9.17, 15) is 0 Å². The Kier molecular flexibility index (Phi) is 1.89. The quantitative estimate of drug-likeness (QED) is 0.732. The highest BCUT2D eigenvalue weighted by molar-refractivity contribution is 5.14. The minimum Gasteiger partial charge on any atom is -0.311 e. The van der Waals surface area contributed by atoms with Crippen molar-refractivity contribution in [3.8, 4) is 0 Å². The zero-order valence-electron chi connectivity index (χ0n) is 10.5. The van der Waals surface area contributed by atoms with Crippen LogP contribution in [0.15, 0.2) is 0 Å². The van der Waals surface area contributed by atoms with Crippen LogP contribution in [0.1, 0.15) is 59.3 Å². The Morgan fingerprint density at radius 1 is 1.00 bits per heavy atom. The molecule has 0 aromatic heterocycles. The number of hydrogen-bond acceptors (Lipinski definition) is 1. The van der Waals surface area contributed by atoms with Crippen LogP contribution in [0.3, 0.4) is 0 Å². The van der Waals surface area contributed by atoms with Gasteiger partial charge in [0.05, 0.1) is 0 Å². The second-order valence-corrected chi connectivity index (χ2v) is 7.44. The fourth-order valence-corrected chi connectivity index (χ4v) is 6.02. The lowest BCUT2D eigenvalue weighted by Crippen LogP contribution is -2.64. The summed E-state index contributed by atoms with van der Waals surface area (Å²) in [5.74, 6) is 1.02. The zero-order chi connectivity index (χ0) is 10.7. The molecule has 1 nitrogen and oxygen atoms in total. The predicted molar refractivity (Wildman–Crippen MR) is 63.8 cm³/mol. The molecule has 1 heteroatoms. The van der Waals surface area contributed by atoms with Crippen molar-refractivity contribution < 1.29 is 0 Å². The molecule has 0 aromatic carbocycles. The van der Waals surface area contributed by atoms with E-state index >= 15 is 0 Å². The molecule has 0 spiro atoms. The van der Waals surface area contributed by atoms with Crippen molar-refractivity contribution in [2.75, 3.05) is 6.54 Å². The second kappa shape index (κ2) is 2.80. The first-order chi connectivity index (χ1) is 6.97. The Bertz CT molecular complexity index is 265. The summed E-state index contributed by atoms with van der Waals surface area (Å²) in [6, 6.07) is 0. The lowest BCUT2D eigenvalue weighted by molar-refractivity contribution is -0.117. The van der Waals surface area contributed by atoms with Gasteiger partial charge in [0.1, 0.15) is 0 Å². The van der Waals surface area contributed by atoms with E-state index in [1.165, 1.54) is 38.5 Å². The topological polar surface area (TPSA) is 12.0 Å². The first kappa shape index (κ1) is 10.1. The highest BCUT2D eigenvalue weighted by Crippen LogP contribution is 2.66. The normalized spacial score (nSPS) is 57.4. The van der Waals surface area contributed by atoms with Gasteiger partial charge in [-0.2, -0.15) is 0 Å². The molecular weight excluding hydrogens is 182 g/mol. The molecule has 4 atom stereocenters. The van der Waals surface area contributed by atoms with Crippen LogP contribution in [-0.4, -0.2) is 12.1 Å². The summed E-state index contributed by atoms with van der Waals surface area (Å²) in [6.45, 7) is 8.51. The summed E-state index contributed by atoms with van der Waals surface area (Å²) in [6.07, 6.45) is 8.86. The molecule has 4 bridgehead atoms. The highest BCUT2D eigenvalue weighted by atomic mass is 15.0. The Morgan fingerprint density at radius 2 is 1.60 bits per heavy atom. The number of rotatable bonds is 2. The van der Waals surface area contributed by atoms with Gasteiger partial charge in [0.2, 0.25) is 0 Å². The number of hydrogen-bond donors (Lipinski definition) is 1. The largest absolute Gasteiger partial charge is 0.311 e. The minimum absolute atomic E-state index is 0.525. The van der Waals surface area contributed by atoms with E-state index in [1.54, 1.807) is 0 Å².